The number of H-pyrrole nitrogens is 1. The summed E-state index contributed by atoms with van der Waals surface area (Å²) in [7, 11) is 0. The van der Waals surface area contributed by atoms with Gasteiger partial charge in [-0.25, -0.2) is 0 Å². The third-order valence-corrected chi connectivity index (χ3v) is 5.70. The van der Waals surface area contributed by atoms with Crippen LogP contribution in [0.3, 0.4) is 0 Å². The molecule has 0 saturated carbocycles. The zero-order valence-corrected chi connectivity index (χ0v) is 16.0. The average molecular weight is 365 g/mol. The average Bonchev–Trinajstić information content (AvgIpc) is 3.33. The van der Waals surface area contributed by atoms with E-state index in [0.29, 0.717) is 17.5 Å². The molecule has 1 aliphatic carbocycles. The molecule has 0 radical (unpaired) electrons. The van der Waals surface area contributed by atoms with Gasteiger partial charge >= 0.3 is 0 Å². The van der Waals surface area contributed by atoms with Crippen LogP contribution < -0.4 is 10.6 Å². The van der Waals surface area contributed by atoms with Crippen LogP contribution >= 0.6 is 0 Å². The number of nitrogens with one attached hydrogen (secondary N) is 3. The Kier molecular flexibility index (Phi) is 5.03. The van der Waals surface area contributed by atoms with Gasteiger partial charge in [0, 0.05) is 28.3 Å². The molecule has 2 heterocycles. The monoisotopic (exact) mass is 365 g/mol. The van der Waals surface area contributed by atoms with E-state index < -0.39 is 0 Å². The van der Waals surface area contributed by atoms with Crippen molar-refractivity contribution in [3.8, 4) is 0 Å². The molecule has 1 amide bonds. The fraction of sp³-hybridized carbons (Fsp3) is 0.409. The Morgan fingerprint density at radius 2 is 2.26 bits per heavy atom. The zero-order valence-electron chi connectivity index (χ0n) is 16.0. The van der Waals surface area contributed by atoms with Crippen molar-refractivity contribution in [2.75, 3.05) is 11.9 Å². The second-order valence-corrected chi connectivity index (χ2v) is 7.63. The summed E-state index contributed by atoms with van der Waals surface area (Å²) in [5.74, 6) is 0.512. The molecule has 3 aromatic rings. The molecule has 4 rings (SSSR count). The summed E-state index contributed by atoms with van der Waals surface area (Å²) in [6.07, 6.45) is 7.51. The smallest absolute Gasteiger partial charge is 0.258 e. The number of benzene rings is 1. The van der Waals surface area contributed by atoms with Gasteiger partial charge < -0.3 is 20.0 Å². The zero-order chi connectivity index (χ0) is 18.8. The first-order valence-corrected chi connectivity index (χ1v) is 9.84. The second kappa shape index (κ2) is 7.61. The van der Waals surface area contributed by atoms with Crippen molar-refractivity contribution in [1.29, 1.82) is 0 Å². The third kappa shape index (κ3) is 3.78. The highest BCUT2D eigenvalue weighted by atomic mass is 16.3. The van der Waals surface area contributed by atoms with Crippen molar-refractivity contribution in [3.05, 3.63) is 53.6 Å². The van der Waals surface area contributed by atoms with E-state index in [1.54, 1.807) is 6.07 Å². The van der Waals surface area contributed by atoms with E-state index in [9.17, 15) is 4.79 Å². The molecule has 2 atom stereocenters. The van der Waals surface area contributed by atoms with Crippen LogP contribution in [0.25, 0.3) is 10.9 Å². The van der Waals surface area contributed by atoms with Crippen molar-refractivity contribution >= 4 is 22.5 Å². The number of rotatable bonds is 6. The third-order valence-electron chi connectivity index (χ3n) is 5.70. The first-order valence-electron chi connectivity index (χ1n) is 9.84. The molecule has 1 aromatic carbocycles. The highest BCUT2D eigenvalue weighted by Gasteiger charge is 2.23. The topological polar surface area (TPSA) is 70.1 Å². The molecule has 5 nitrogen and oxygen atoms in total. The van der Waals surface area contributed by atoms with Crippen LogP contribution in [0, 0.1) is 5.92 Å². The molecule has 0 fully saturated rings. The lowest BCUT2D eigenvalue weighted by Crippen LogP contribution is -2.33. The van der Waals surface area contributed by atoms with Crippen molar-refractivity contribution in [2.24, 2.45) is 5.92 Å². The summed E-state index contributed by atoms with van der Waals surface area (Å²) >= 11 is 0. The number of furan rings is 1. The summed E-state index contributed by atoms with van der Waals surface area (Å²) in [5.41, 5.74) is 5.25. The Balaban J connectivity index is 1.53. The van der Waals surface area contributed by atoms with Gasteiger partial charge in [-0.1, -0.05) is 6.92 Å². The maximum Gasteiger partial charge on any atom is 0.258 e. The van der Waals surface area contributed by atoms with Crippen LogP contribution in [0.2, 0.25) is 0 Å². The highest BCUT2D eigenvalue weighted by molar-refractivity contribution is 6.05. The molecule has 27 heavy (non-hydrogen) atoms. The van der Waals surface area contributed by atoms with E-state index in [0.717, 1.165) is 37.0 Å². The summed E-state index contributed by atoms with van der Waals surface area (Å²) < 4.78 is 4.99. The first kappa shape index (κ1) is 17.9. The molecule has 2 aromatic heterocycles. The molecule has 0 saturated heterocycles. The molecule has 2 unspecified atom stereocenters. The predicted octanol–water partition coefficient (Wildman–Crippen LogP) is 4.51. The van der Waals surface area contributed by atoms with Gasteiger partial charge in [0.2, 0.25) is 0 Å². The lowest BCUT2D eigenvalue weighted by Gasteiger charge is -2.24. The second-order valence-electron chi connectivity index (χ2n) is 7.63. The lowest BCUT2D eigenvalue weighted by atomic mass is 9.86. The standard InChI is InChI=1S/C22H27N3O2/c1-3-14(2)23-12-15-4-6-20-18(10-15)19-11-17(5-7-21(19)25-20)24-22(26)16-8-9-27-13-16/h5,7-9,11,13-15,23,25H,3-4,6,10,12H2,1-2H3,(H,24,26). The lowest BCUT2D eigenvalue weighted by molar-refractivity contribution is 0.102. The molecule has 0 spiro atoms. The first-order chi connectivity index (χ1) is 13.1. The van der Waals surface area contributed by atoms with E-state index in [2.05, 4.69) is 41.6 Å². The number of carbonyl (C=O) groups excluding carboxylic acids is 1. The van der Waals surface area contributed by atoms with E-state index in [1.165, 1.54) is 35.6 Å². The minimum atomic E-state index is -0.150. The number of aromatic nitrogens is 1. The van der Waals surface area contributed by atoms with Crippen molar-refractivity contribution in [3.63, 3.8) is 0 Å². The fourth-order valence-corrected chi connectivity index (χ4v) is 3.85. The Morgan fingerprint density at radius 1 is 1.37 bits per heavy atom. The number of carbonyl (C=O) groups is 1. The van der Waals surface area contributed by atoms with E-state index in [-0.39, 0.29) is 5.91 Å². The molecule has 0 aliphatic heterocycles. The quantitative estimate of drug-likeness (QED) is 0.602. The largest absolute Gasteiger partial charge is 0.472 e. The normalized spacial score (nSPS) is 17.6. The number of anilines is 1. The van der Waals surface area contributed by atoms with Gasteiger partial charge in [-0.2, -0.15) is 0 Å². The Labute approximate surface area is 159 Å². The highest BCUT2D eigenvalue weighted by Crippen LogP contribution is 2.33. The summed E-state index contributed by atoms with van der Waals surface area (Å²) in [4.78, 5) is 15.9. The number of aromatic amines is 1. The van der Waals surface area contributed by atoms with Gasteiger partial charge in [0.25, 0.3) is 5.91 Å². The molecule has 1 aliphatic rings. The van der Waals surface area contributed by atoms with Gasteiger partial charge in [-0.15, -0.1) is 0 Å². The Morgan fingerprint density at radius 3 is 3.04 bits per heavy atom. The van der Waals surface area contributed by atoms with Gasteiger partial charge in [0.05, 0.1) is 11.8 Å². The van der Waals surface area contributed by atoms with Crippen molar-refractivity contribution < 1.29 is 9.21 Å². The van der Waals surface area contributed by atoms with E-state index in [4.69, 9.17) is 4.42 Å². The fourth-order valence-electron chi connectivity index (χ4n) is 3.85. The van der Waals surface area contributed by atoms with Crippen molar-refractivity contribution in [2.45, 2.75) is 45.6 Å². The molecule has 0 bridgehead atoms. The molecular weight excluding hydrogens is 338 g/mol. The Bertz CT molecular complexity index is 927. The molecular formula is C22H27N3O2. The Hall–Kier alpha value is -2.53. The molecule has 5 heteroatoms. The van der Waals surface area contributed by atoms with Gasteiger partial charge in [0.15, 0.2) is 0 Å². The van der Waals surface area contributed by atoms with Crippen LogP contribution in [-0.2, 0) is 12.8 Å². The summed E-state index contributed by atoms with van der Waals surface area (Å²) in [6, 6.07) is 8.34. The van der Waals surface area contributed by atoms with Crippen LogP contribution in [0.15, 0.2) is 41.2 Å². The number of fused-ring (bicyclic) bond motifs is 3. The number of hydrogen-bond donors (Lipinski definition) is 3. The van der Waals surface area contributed by atoms with Crippen LogP contribution in [0.4, 0.5) is 5.69 Å². The molecule has 3 N–H and O–H groups in total. The van der Waals surface area contributed by atoms with Crippen LogP contribution in [0.1, 0.15) is 48.3 Å². The van der Waals surface area contributed by atoms with Crippen molar-refractivity contribution in [1.82, 2.24) is 10.3 Å². The minimum Gasteiger partial charge on any atom is -0.472 e. The molecule has 142 valence electrons. The number of hydrogen-bond acceptors (Lipinski definition) is 3. The van der Waals surface area contributed by atoms with Gasteiger partial charge in [-0.3, -0.25) is 4.79 Å². The maximum absolute atomic E-state index is 12.3. The van der Waals surface area contributed by atoms with Crippen LogP contribution in [-0.4, -0.2) is 23.5 Å². The van der Waals surface area contributed by atoms with E-state index in [1.807, 2.05) is 6.07 Å². The van der Waals surface area contributed by atoms with Gasteiger partial charge in [0.1, 0.15) is 6.26 Å². The summed E-state index contributed by atoms with van der Waals surface area (Å²) in [6.45, 7) is 5.53. The SMILES string of the molecule is CCC(C)NCC1CCc2[nH]c3ccc(NC(=O)c4ccoc4)cc3c2C1. The van der Waals surface area contributed by atoms with Crippen LogP contribution in [0.5, 0.6) is 0 Å². The predicted molar refractivity (Wildman–Crippen MR) is 108 cm³/mol. The van der Waals surface area contributed by atoms with Gasteiger partial charge in [-0.05, 0) is 74.9 Å². The summed E-state index contributed by atoms with van der Waals surface area (Å²) in [5, 5.41) is 7.84. The maximum atomic E-state index is 12.3. The number of aryl methyl sites for hydroxylation is 1. The minimum absolute atomic E-state index is 0.150. The van der Waals surface area contributed by atoms with E-state index >= 15 is 0 Å². The number of amides is 1.